The van der Waals surface area contributed by atoms with Gasteiger partial charge >= 0.3 is 0 Å². The molecule has 0 bridgehead atoms. The fraction of sp³-hybridized carbons (Fsp3) is 0.571. The molecule has 1 nitrogen and oxygen atoms in total. The van der Waals surface area contributed by atoms with E-state index < -0.39 is 0 Å². The molecule has 15 heavy (non-hydrogen) atoms. The van der Waals surface area contributed by atoms with Gasteiger partial charge in [-0.3, -0.25) is 0 Å². The van der Waals surface area contributed by atoms with Gasteiger partial charge in [-0.2, -0.15) is 0 Å². The first-order chi connectivity index (χ1) is 7.25. The molecule has 1 aromatic rings. The Hall–Kier alpha value is -0.820. The van der Waals surface area contributed by atoms with Crippen LogP contribution in [-0.2, 0) is 0 Å². The number of benzene rings is 1. The highest BCUT2D eigenvalue weighted by Crippen LogP contribution is 2.29. The van der Waals surface area contributed by atoms with Crippen LogP contribution in [-0.4, -0.2) is 6.54 Å². The molecule has 1 aromatic carbocycles. The molecule has 0 radical (unpaired) electrons. The number of hydrogen-bond acceptors (Lipinski definition) is 1. The van der Waals surface area contributed by atoms with Crippen LogP contribution in [0.5, 0.6) is 0 Å². The van der Waals surface area contributed by atoms with E-state index in [2.05, 4.69) is 44.2 Å². The van der Waals surface area contributed by atoms with Crippen LogP contribution in [0.2, 0.25) is 0 Å². The van der Waals surface area contributed by atoms with E-state index in [0.29, 0.717) is 11.8 Å². The molecular formula is C14H23N. The molecule has 0 fully saturated rings. The lowest BCUT2D eigenvalue weighted by molar-refractivity contribution is 0.450. The molecule has 1 rings (SSSR count). The third kappa shape index (κ3) is 4.05. The predicted molar refractivity (Wildman–Crippen MR) is 66.9 cm³/mol. The van der Waals surface area contributed by atoms with Crippen molar-refractivity contribution in [2.75, 3.05) is 6.54 Å². The largest absolute Gasteiger partial charge is 0.330 e. The van der Waals surface area contributed by atoms with Gasteiger partial charge in [-0.15, -0.1) is 0 Å². The first-order valence-corrected chi connectivity index (χ1v) is 6.00. The van der Waals surface area contributed by atoms with Crippen molar-refractivity contribution in [1.29, 1.82) is 0 Å². The Morgan fingerprint density at radius 2 is 1.73 bits per heavy atom. The molecule has 1 atom stereocenters. The molecule has 0 amide bonds. The van der Waals surface area contributed by atoms with Crippen LogP contribution in [0.15, 0.2) is 30.3 Å². The SMILES string of the molecule is CC(C)C(CCCCN)c1ccccc1. The van der Waals surface area contributed by atoms with E-state index in [1.54, 1.807) is 0 Å². The van der Waals surface area contributed by atoms with Gasteiger partial charge in [-0.05, 0) is 36.8 Å². The lowest BCUT2D eigenvalue weighted by Crippen LogP contribution is -2.08. The summed E-state index contributed by atoms with van der Waals surface area (Å²) in [6.45, 7) is 5.43. The van der Waals surface area contributed by atoms with Crippen LogP contribution in [0.3, 0.4) is 0 Å². The summed E-state index contributed by atoms with van der Waals surface area (Å²) < 4.78 is 0. The number of hydrogen-bond donors (Lipinski definition) is 1. The van der Waals surface area contributed by atoms with E-state index in [4.69, 9.17) is 5.73 Å². The smallest absolute Gasteiger partial charge is 0.00773 e. The lowest BCUT2D eigenvalue weighted by atomic mass is 9.84. The minimum atomic E-state index is 0.692. The Balaban J connectivity index is 2.58. The van der Waals surface area contributed by atoms with Crippen LogP contribution in [0.4, 0.5) is 0 Å². The second kappa shape index (κ2) is 6.62. The van der Waals surface area contributed by atoms with Gasteiger partial charge in [-0.1, -0.05) is 50.6 Å². The Bertz CT molecular complexity index is 253. The normalized spacial score (nSPS) is 13.1. The summed E-state index contributed by atoms with van der Waals surface area (Å²) in [5.41, 5.74) is 7.01. The summed E-state index contributed by atoms with van der Waals surface area (Å²) >= 11 is 0. The summed E-state index contributed by atoms with van der Waals surface area (Å²) in [6, 6.07) is 10.8. The van der Waals surface area contributed by atoms with Crippen LogP contribution in [0.1, 0.15) is 44.6 Å². The van der Waals surface area contributed by atoms with E-state index >= 15 is 0 Å². The van der Waals surface area contributed by atoms with Crippen LogP contribution in [0.25, 0.3) is 0 Å². The first-order valence-electron chi connectivity index (χ1n) is 6.00. The van der Waals surface area contributed by atoms with Gasteiger partial charge in [0, 0.05) is 0 Å². The van der Waals surface area contributed by atoms with Crippen molar-refractivity contribution in [3.8, 4) is 0 Å². The highest BCUT2D eigenvalue weighted by atomic mass is 14.5. The van der Waals surface area contributed by atoms with E-state index in [9.17, 15) is 0 Å². The maximum absolute atomic E-state index is 5.53. The number of unbranched alkanes of at least 4 members (excludes halogenated alkanes) is 1. The second-order valence-corrected chi connectivity index (χ2v) is 4.55. The van der Waals surface area contributed by atoms with E-state index in [-0.39, 0.29) is 0 Å². The monoisotopic (exact) mass is 205 g/mol. The fourth-order valence-electron chi connectivity index (χ4n) is 2.09. The molecule has 0 heterocycles. The number of nitrogens with two attached hydrogens (primary N) is 1. The van der Waals surface area contributed by atoms with Gasteiger partial charge in [0.25, 0.3) is 0 Å². The van der Waals surface area contributed by atoms with E-state index in [1.807, 2.05) is 0 Å². The van der Waals surface area contributed by atoms with Crippen molar-refractivity contribution in [3.05, 3.63) is 35.9 Å². The van der Waals surface area contributed by atoms with Crippen molar-refractivity contribution in [2.24, 2.45) is 11.7 Å². The first kappa shape index (κ1) is 12.3. The van der Waals surface area contributed by atoms with Crippen molar-refractivity contribution in [2.45, 2.75) is 39.0 Å². The third-order valence-electron chi connectivity index (χ3n) is 3.00. The van der Waals surface area contributed by atoms with Crippen molar-refractivity contribution in [3.63, 3.8) is 0 Å². The maximum atomic E-state index is 5.53. The molecule has 0 spiro atoms. The average molecular weight is 205 g/mol. The molecule has 0 aliphatic heterocycles. The van der Waals surface area contributed by atoms with E-state index in [1.165, 1.54) is 18.4 Å². The Kier molecular flexibility index (Phi) is 5.41. The Morgan fingerprint density at radius 3 is 2.27 bits per heavy atom. The van der Waals surface area contributed by atoms with Gasteiger partial charge < -0.3 is 5.73 Å². The third-order valence-corrected chi connectivity index (χ3v) is 3.00. The molecule has 1 heteroatoms. The molecule has 1 unspecified atom stereocenters. The highest BCUT2D eigenvalue weighted by molar-refractivity contribution is 5.19. The summed E-state index contributed by atoms with van der Waals surface area (Å²) in [5, 5.41) is 0. The van der Waals surface area contributed by atoms with Crippen molar-refractivity contribution >= 4 is 0 Å². The molecule has 0 saturated carbocycles. The van der Waals surface area contributed by atoms with Crippen LogP contribution in [0, 0.1) is 5.92 Å². The molecular weight excluding hydrogens is 182 g/mol. The van der Waals surface area contributed by atoms with E-state index in [0.717, 1.165) is 13.0 Å². The van der Waals surface area contributed by atoms with Crippen molar-refractivity contribution in [1.82, 2.24) is 0 Å². The Morgan fingerprint density at radius 1 is 1.07 bits per heavy atom. The van der Waals surface area contributed by atoms with Gasteiger partial charge in [0.2, 0.25) is 0 Å². The highest BCUT2D eigenvalue weighted by Gasteiger charge is 2.14. The summed E-state index contributed by atoms with van der Waals surface area (Å²) in [5.74, 6) is 1.41. The Labute approximate surface area is 93.7 Å². The maximum Gasteiger partial charge on any atom is -0.00773 e. The molecule has 0 aliphatic rings. The van der Waals surface area contributed by atoms with Crippen LogP contribution >= 0.6 is 0 Å². The van der Waals surface area contributed by atoms with Gasteiger partial charge in [0.05, 0.1) is 0 Å². The number of rotatable bonds is 6. The molecule has 0 saturated heterocycles. The van der Waals surface area contributed by atoms with Crippen molar-refractivity contribution < 1.29 is 0 Å². The zero-order valence-electron chi connectivity index (χ0n) is 9.95. The zero-order valence-corrected chi connectivity index (χ0v) is 9.95. The van der Waals surface area contributed by atoms with Gasteiger partial charge in [-0.25, -0.2) is 0 Å². The van der Waals surface area contributed by atoms with Crippen LogP contribution < -0.4 is 5.73 Å². The van der Waals surface area contributed by atoms with Gasteiger partial charge in [0.15, 0.2) is 0 Å². The average Bonchev–Trinajstić information content (AvgIpc) is 2.25. The summed E-state index contributed by atoms with van der Waals surface area (Å²) in [6.07, 6.45) is 3.66. The molecule has 0 aliphatic carbocycles. The topological polar surface area (TPSA) is 26.0 Å². The lowest BCUT2D eigenvalue weighted by Gasteiger charge is -2.21. The summed E-state index contributed by atoms with van der Waals surface area (Å²) in [4.78, 5) is 0. The summed E-state index contributed by atoms with van der Waals surface area (Å²) in [7, 11) is 0. The quantitative estimate of drug-likeness (QED) is 0.706. The minimum Gasteiger partial charge on any atom is -0.330 e. The molecule has 2 N–H and O–H groups in total. The second-order valence-electron chi connectivity index (χ2n) is 4.55. The molecule has 0 aromatic heterocycles. The van der Waals surface area contributed by atoms with Gasteiger partial charge in [0.1, 0.15) is 0 Å². The fourth-order valence-corrected chi connectivity index (χ4v) is 2.09. The minimum absolute atomic E-state index is 0.692. The molecule has 84 valence electrons. The standard InChI is InChI=1S/C14H23N/c1-12(2)14(10-6-7-11-15)13-8-4-3-5-9-13/h3-5,8-9,12,14H,6-7,10-11,15H2,1-2H3. The predicted octanol–water partition coefficient (Wildman–Crippen LogP) is 3.56. The zero-order chi connectivity index (χ0) is 11.1.